The summed E-state index contributed by atoms with van der Waals surface area (Å²) in [7, 11) is 0. The molecule has 0 saturated heterocycles. The molecule has 0 N–H and O–H groups in total. The quantitative estimate of drug-likeness (QED) is 0.590. The van der Waals surface area contributed by atoms with Crippen molar-refractivity contribution in [2.24, 2.45) is 0 Å². The van der Waals surface area contributed by atoms with Crippen molar-refractivity contribution in [3.8, 4) is 11.1 Å². The Bertz CT molecular complexity index is 564. The molecule has 0 aliphatic rings. The molecule has 0 aromatic heterocycles. The van der Waals surface area contributed by atoms with E-state index in [9.17, 15) is 18.9 Å². The summed E-state index contributed by atoms with van der Waals surface area (Å²) in [4.78, 5) is 10.0. The number of non-ortho nitro benzene ring substituents is 1. The van der Waals surface area contributed by atoms with Crippen LogP contribution in [0.2, 0.25) is 0 Å². The molecular weight excluding hydrogens is 228 g/mol. The molecule has 0 bridgehead atoms. The predicted octanol–water partition coefficient (Wildman–Crippen LogP) is 3.54. The van der Waals surface area contributed by atoms with Gasteiger partial charge in [-0.25, -0.2) is 8.78 Å². The van der Waals surface area contributed by atoms with Crippen LogP contribution in [0, 0.1) is 21.7 Å². The largest absolute Gasteiger partial charge is 0.270 e. The Labute approximate surface area is 95.5 Å². The molecule has 0 saturated carbocycles. The van der Waals surface area contributed by atoms with Gasteiger partial charge >= 0.3 is 0 Å². The van der Waals surface area contributed by atoms with Crippen molar-refractivity contribution in [3.63, 3.8) is 0 Å². The minimum Gasteiger partial charge on any atom is -0.258 e. The van der Waals surface area contributed by atoms with Gasteiger partial charge in [-0.15, -0.1) is 0 Å². The van der Waals surface area contributed by atoms with Crippen LogP contribution in [0.5, 0.6) is 0 Å². The van der Waals surface area contributed by atoms with Crippen LogP contribution in [0.25, 0.3) is 11.1 Å². The van der Waals surface area contributed by atoms with Crippen LogP contribution in [-0.2, 0) is 0 Å². The van der Waals surface area contributed by atoms with E-state index in [1.54, 1.807) is 6.07 Å². The lowest BCUT2D eigenvalue weighted by atomic mass is 10.0. The number of benzene rings is 2. The molecule has 0 radical (unpaired) electrons. The minimum absolute atomic E-state index is 0.118. The molecule has 86 valence electrons. The highest BCUT2D eigenvalue weighted by Crippen LogP contribution is 2.25. The van der Waals surface area contributed by atoms with Gasteiger partial charge in [0.05, 0.1) is 4.92 Å². The van der Waals surface area contributed by atoms with Crippen LogP contribution in [0.15, 0.2) is 42.5 Å². The maximum Gasteiger partial charge on any atom is 0.270 e. The fourth-order valence-corrected chi connectivity index (χ4v) is 1.52. The van der Waals surface area contributed by atoms with Gasteiger partial charge in [0, 0.05) is 18.2 Å². The van der Waals surface area contributed by atoms with E-state index in [1.807, 2.05) is 0 Å². The van der Waals surface area contributed by atoms with Crippen molar-refractivity contribution in [2.45, 2.75) is 0 Å². The van der Waals surface area contributed by atoms with Gasteiger partial charge in [0.1, 0.15) is 11.6 Å². The average molecular weight is 235 g/mol. The molecule has 0 aliphatic carbocycles. The molecule has 3 nitrogen and oxygen atoms in total. The van der Waals surface area contributed by atoms with Gasteiger partial charge in [0.2, 0.25) is 0 Å². The Morgan fingerprint density at radius 2 is 1.59 bits per heavy atom. The molecule has 0 heterocycles. The fourth-order valence-electron chi connectivity index (χ4n) is 1.52. The highest BCUT2D eigenvalue weighted by atomic mass is 19.1. The van der Waals surface area contributed by atoms with Crippen LogP contribution in [0.4, 0.5) is 14.5 Å². The summed E-state index contributed by atoms with van der Waals surface area (Å²) in [5.74, 6) is -1.43. The van der Waals surface area contributed by atoms with Crippen LogP contribution in [-0.4, -0.2) is 4.92 Å². The molecule has 5 heteroatoms. The Hall–Kier alpha value is -2.30. The van der Waals surface area contributed by atoms with Gasteiger partial charge in [-0.05, 0) is 23.3 Å². The van der Waals surface area contributed by atoms with E-state index in [2.05, 4.69) is 0 Å². The number of nitrogens with zero attached hydrogens (tertiary/aromatic N) is 1. The molecule has 2 rings (SSSR count). The smallest absolute Gasteiger partial charge is 0.258 e. The lowest BCUT2D eigenvalue weighted by Crippen LogP contribution is -1.89. The number of nitro benzene ring substituents is 1. The maximum absolute atomic E-state index is 13.0. The van der Waals surface area contributed by atoms with E-state index in [0.717, 1.165) is 18.2 Å². The molecule has 0 atom stereocenters. The molecular formula is C12H7F2NO2. The summed E-state index contributed by atoms with van der Waals surface area (Å²) < 4.78 is 26.0. The number of rotatable bonds is 2. The zero-order valence-electron chi connectivity index (χ0n) is 8.56. The molecule has 17 heavy (non-hydrogen) atoms. The lowest BCUT2D eigenvalue weighted by Gasteiger charge is -2.02. The van der Waals surface area contributed by atoms with E-state index in [0.29, 0.717) is 5.56 Å². The average Bonchev–Trinajstić information content (AvgIpc) is 2.28. The van der Waals surface area contributed by atoms with Crippen molar-refractivity contribution in [2.75, 3.05) is 0 Å². The van der Waals surface area contributed by atoms with Gasteiger partial charge in [0.25, 0.3) is 5.69 Å². The summed E-state index contributed by atoms with van der Waals surface area (Å²) in [5.41, 5.74) is 0.552. The Morgan fingerprint density at radius 3 is 2.18 bits per heavy atom. The summed E-state index contributed by atoms with van der Waals surface area (Å²) in [6.07, 6.45) is 0. The second-order valence-electron chi connectivity index (χ2n) is 3.47. The first-order chi connectivity index (χ1) is 8.06. The van der Waals surface area contributed by atoms with Crippen LogP contribution in [0.3, 0.4) is 0 Å². The van der Waals surface area contributed by atoms with Gasteiger partial charge < -0.3 is 0 Å². The van der Waals surface area contributed by atoms with Gasteiger partial charge in [-0.2, -0.15) is 0 Å². The fraction of sp³-hybridized carbons (Fsp3) is 0. The van der Waals surface area contributed by atoms with Gasteiger partial charge in [0.15, 0.2) is 0 Å². The predicted molar refractivity (Wildman–Crippen MR) is 58.4 cm³/mol. The van der Waals surface area contributed by atoms with E-state index in [1.165, 1.54) is 18.2 Å². The summed E-state index contributed by atoms with van der Waals surface area (Å²) in [6, 6.07) is 8.62. The second-order valence-corrected chi connectivity index (χ2v) is 3.47. The molecule has 0 unspecified atom stereocenters. The topological polar surface area (TPSA) is 43.1 Å². The van der Waals surface area contributed by atoms with Crippen LogP contribution >= 0.6 is 0 Å². The number of nitro groups is 1. The van der Waals surface area contributed by atoms with Crippen molar-refractivity contribution in [1.82, 2.24) is 0 Å². The third-order valence-electron chi connectivity index (χ3n) is 2.25. The summed E-state index contributed by atoms with van der Waals surface area (Å²) in [6.45, 7) is 0. The normalized spacial score (nSPS) is 10.2. The first-order valence-corrected chi connectivity index (χ1v) is 4.77. The second kappa shape index (κ2) is 4.29. The number of hydrogen-bond donors (Lipinski definition) is 0. The van der Waals surface area contributed by atoms with Crippen molar-refractivity contribution >= 4 is 5.69 Å². The maximum atomic E-state index is 13.0. The molecule has 0 fully saturated rings. The monoisotopic (exact) mass is 235 g/mol. The van der Waals surface area contributed by atoms with E-state index < -0.39 is 16.6 Å². The summed E-state index contributed by atoms with van der Waals surface area (Å²) in [5, 5.41) is 10.6. The molecule has 0 amide bonds. The van der Waals surface area contributed by atoms with Gasteiger partial charge in [-0.3, -0.25) is 10.1 Å². The van der Waals surface area contributed by atoms with Gasteiger partial charge in [-0.1, -0.05) is 12.1 Å². The van der Waals surface area contributed by atoms with Crippen LogP contribution < -0.4 is 0 Å². The first-order valence-electron chi connectivity index (χ1n) is 4.77. The standard InChI is InChI=1S/C12H7F2NO2/c13-10-4-9(5-11(14)7-10)8-2-1-3-12(6-8)15(16)17/h1-7H. The first kappa shape index (κ1) is 11.2. The third kappa shape index (κ3) is 2.44. The zero-order valence-corrected chi connectivity index (χ0v) is 8.56. The lowest BCUT2D eigenvalue weighted by molar-refractivity contribution is -0.384. The third-order valence-corrected chi connectivity index (χ3v) is 2.25. The van der Waals surface area contributed by atoms with E-state index >= 15 is 0 Å². The van der Waals surface area contributed by atoms with Crippen LogP contribution in [0.1, 0.15) is 0 Å². The van der Waals surface area contributed by atoms with Crippen molar-refractivity contribution in [1.29, 1.82) is 0 Å². The Balaban J connectivity index is 2.52. The molecule has 2 aromatic carbocycles. The molecule has 0 aliphatic heterocycles. The van der Waals surface area contributed by atoms with E-state index in [4.69, 9.17) is 0 Å². The highest BCUT2D eigenvalue weighted by molar-refractivity contribution is 5.66. The SMILES string of the molecule is O=[N+]([O-])c1cccc(-c2cc(F)cc(F)c2)c1. The minimum atomic E-state index is -0.716. The molecule has 2 aromatic rings. The Kier molecular flexibility index (Phi) is 2.82. The van der Waals surface area contributed by atoms with E-state index in [-0.39, 0.29) is 11.3 Å². The summed E-state index contributed by atoms with van der Waals surface area (Å²) >= 11 is 0. The van der Waals surface area contributed by atoms with Crippen molar-refractivity contribution < 1.29 is 13.7 Å². The Morgan fingerprint density at radius 1 is 0.941 bits per heavy atom. The van der Waals surface area contributed by atoms with Crippen molar-refractivity contribution in [3.05, 3.63) is 64.2 Å². The highest BCUT2D eigenvalue weighted by Gasteiger charge is 2.08. The number of hydrogen-bond acceptors (Lipinski definition) is 2. The molecule has 0 spiro atoms. The zero-order chi connectivity index (χ0) is 12.4. The number of halogens is 2.